The first-order valence-electron chi connectivity index (χ1n) is 6.89. The van der Waals surface area contributed by atoms with E-state index in [1.54, 1.807) is 6.20 Å². The van der Waals surface area contributed by atoms with Gasteiger partial charge in [0, 0.05) is 30.4 Å². The molecule has 1 atom stereocenters. The van der Waals surface area contributed by atoms with Crippen LogP contribution in [-0.2, 0) is 16.4 Å². The predicted molar refractivity (Wildman–Crippen MR) is 80.3 cm³/mol. The van der Waals surface area contributed by atoms with E-state index in [4.69, 9.17) is 0 Å². The topological polar surface area (TPSA) is 59.1 Å². The molecule has 2 heterocycles. The summed E-state index contributed by atoms with van der Waals surface area (Å²) < 4.78 is 23.2. The van der Waals surface area contributed by atoms with E-state index < -0.39 is 9.84 Å². The highest BCUT2D eigenvalue weighted by atomic mass is 32.2. The van der Waals surface area contributed by atoms with Crippen LogP contribution in [0.5, 0.6) is 0 Å². The van der Waals surface area contributed by atoms with Gasteiger partial charge < -0.3 is 5.32 Å². The molecule has 1 fully saturated rings. The van der Waals surface area contributed by atoms with Crippen LogP contribution in [-0.4, -0.2) is 30.9 Å². The molecule has 106 valence electrons. The number of hydrogen-bond acceptors (Lipinski definition) is 4. The number of fused-ring (bicyclic) bond motifs is 1. The molecule has 0 bridgehead atoms. The van der Waals surface area contributed by atoms with Gasteiger partial charge in [-0.25, -0.2) is 8.42 Å². The van der Waals surface area contributed by atoms with Gasteiger partial charge in [-0.2, -0.15) is 0 Å². The maximum atomic E-state index is 11.6. The molecule has 1 aliphatic heterocycles. The van der Waals surface area contributed by atoms with Crippen LogP contribution in [0.4, 0.5) is 0 Å². The normalized spacial score (nSPS) is 21.9. The first kappa shape index (κ1) is 13.5. The van der Waals surface area contributed by atoms with E-state index in [9.17, 15) is 8.42 Å². The third-order valence-electron chi connectivity index (χ3n) is 3.76. The van der Waals surface area contributed by atoms with Crippen LogP contribution in [0.2, 0.25) is 0 Å². The van der Waals surface area contributed by atoms with Gasteiger partial charge in [0.2, 0.25) is 0 Å². The number of nitrogens with zero attached hydrogens (tertiary/aromatic N) is 1. The summed E-state index contributed by atoms with van der Waals surface area (Å²) in [6.07, 6.45) is 5.34. The van der Waals surface area contributed by atoms with Gasteiger partial charge >= 0.3 is 0 Å². The third kappa shape index (κ3) is 3.16. The smallest absolute Gasteiger partial charge is 0.151 e. The lowest BCUT2D eigenvalue weighted by Crippen LogP contribution is -2.39. The van der Waals surface area contributed by atoms with Gasteiger partial charge in [0.25, 0.3) is 0 Å². The van der Waals surface area contributed by atoms with E-state index >= 15 is 0 Å². The van der Waals surface area contributed by atoms with Crippen molar-refractivity contribution in [2.45, 2.75) is 25.4 Å². The van der Waals surface area contributed by atoms with Crippen LogP contribution in [0.15, 0.2) is 36.7 Å². The highest BCUT2D eigenvalue weighted by Crippen LogP contribution is 2.16. The van der Waals surface area contributed by atoms with Crippen molar-refractivity contribution in [1.82, 2.24) is 10.3 Å². The van der Waals surface area contributed by atoms with Gasteiger partial charge in [-0.3, -0.25) is 4.98 Å². The Bertz CT molecular complexity index is 713. The Kier molecular flexibility index (Phi) is 3.72. The minimum absolute atomic E-state index is 0.0851. The van der Waals surface area contributed by atoms with Crippen molar-refractivity contribution in [3.8, 4) is 0 Å². The van der Waals surface area contributed by atoms with Crippen molar-refractivity contribution in [1.29, 1.82) is 0 Å². The zero-order chi connectivity index (χ0) is 14.0. The van der Waals surface area contributed by atoms with E-state index in [1.807, 2.05) is 12.3 Å². The molecule has 0 amide bonds. The van der Waals surface area contributed by atoms with Gasteiger partial charge in [-0.15, -0.1) is 0 Å². The van der Waals surface area contributed by atoms with Gasteiger partial charge in [0.05, 0.1) is 11.5 Å². The number of aromatic nitrogens is 1. The van der Waals surface area contributed by atoms with Crippen molar-refractivity contribution in [3.63, 3.8) is 0 Å². The lowest BCUT2D eigenvalue weighted by atomic mass is 10.1. The van der Waals surface area contributed by atoms with Gasteiger partial charge in [0.15, 0.2) is 9.84 Å². The highest BCUT2D eigenvalue weighted by Gasteiger charge is 2.23. The molecule has 2 aromatic rings. The molecule has 4 nitrogen and oxygen atoms in total. The summed E-state index contributed by atoms with van der Waals surface area (Å²) in [4.78, 5) is 4.10. The SMILES string of the molecule is O=S1(=O)CCCC(NCc2ccc3cnccc3c2)C1. The van der Waals surface area contributed by atoms with Gasteiger partial charge in [-0.05, 0) is 35.9 Å². The fourth-order valence-electron chi connectivity index (χ4n) is 2.69. The maximum absolute atomic E-state index is 11.6. The number of benzene rings is 1. The second kappa shape index (κ2) is 5.50. The maximum Gasteiger partial charge on any atom is 0.151 e. The summed E-state index contributed by atoms with van der Waals surface area (Å²) in [7, 11) is -2.84. The molecule has 1 aromatic heterocycles. The lowest BCUT2D eigenvalue weighted by molar-refractivity contribution is 0.480. The molecular formula is C15H18N2O2S. The Morgan fingerprint density at radius 2 is 2.15 bits per heavy atom. The molecule has 3 rings (SSSR count). The van der Waals surface area contributed by atoms with Crippen molar-refractivity contribution in [3.05, 3.63) is 42.2 Å². The molecule has 5 heteroatoms. The standard InChI is InChI=1S/C15H18N2O2S/c18-20(19)7-1-2-15(11-20)17-9-12-3-4-14-10-16-6-5-13(14)8-12/h3-6,8,10,15,17H,1-2,7,9,11H2. The van der Waals surface area contributed by atoms with Crippen molar-refractivity contribution < 1.29 is 8.42 Å². The van der Waals surface area contributed by atoms with Crippen LogP contribution >= 0.6 is 0 Å². The molecule has 1 aliphatic rings. The lowest BCUT2D eigenvalue weighted by Gasteiger charge is -2.23. The van der Waals surface area contributed by atoms with Gasteiger partial charge in [-0.1, -0.05) is 12.1 Å². The zero-order valence-corrected chi connectivity index (χ0v) is 12.1. The number of pyridine rings is 1. The van der Waals surface area contributed by atoms with Crippen molar-refractivity contribution in [2.75, 3.05) is 11.5 Å². The summed E-state index contributed by atoms with van der Waals surface area (Å²) in [6.45, 7) is 0.707. The highest BCUT2D eigenvalue weighted by molar-refractivity contribution is 7.91. The summed E-state index contributed by atoms with van der Waals surface area (Å²) >= 11 is 0. The molecule has 0 saturated carbocycles. The average Bonchev–Trinajstić information content (AvgIpc) is 2.44. The quantitative estimate of drug-likeness (QED) is 0.938. The van der Waals surface area contributed by atoms with Crippen molar-refractivity contribution >= 4 is 20.6 Å². The number of nitrogens with one attached hydrogen (secondary N) is 1. The summed E-state index contributed by atoms with van der Waals surface area (Å²) in [5.41, 5.74) is 1.17. The van der Waals surface area contributed by atoms with Crippen LogP contribution in [0.25, 0.3) is 10.8 Å². The summed E-state index contributed by atoms with van der Waals surface area (Å²) in [5.74, 6) is 0.610. The Balaban J connectivity index is 1.67. The minimum atomic E-state index is -2.84. The first-order valence-corrected chi connectivity index (χ1v) is 8.71. The number of hydrogen-bond donors (Lipinski definition) is 1. The molecule has 1 aromatic carbocycles. The van der Waals surface area contributed by atoms with Crippen LogP contribution in [0, 0.1) is 0 Å². The van der Waals surface area contributed by atoms with E-state index in [1.165, 1.54) is 5.56 Å². The van der Waals surface area contributed by atoms with E-state index in [-0.39, 0.29) is 11.8 Å². The molecule has 0 spiro atoms. The molecule has 20 heavy (non-hydrogen) atoms. The van der Waals surface area contributed by atoms with E-state index in [0.717, 1.165) is 23.6 Å². The van der Waals surface area contributed by atoms with E-state index in [2.05, 4.69) is 28.5 Å². The van der Waals surface area contributed by atoms with Gasteiger partial charge in [0.1, 0.15) is 0 Å². The molecule has 1 N–H and O–H groups in total. The minimum Gasteiger partial charge on any atom is -0.309 e. The Morgan fingerprint density at radius 1 is 1.25 bits per heavy atom. The molecule has 1 unspecified atom stereocenters. The van der Waals surface area contributed by atoms with Crippen LogP contribution in [0.1, 0.15) is 18.4 Å². The van der Waals surface area contributed by atoms with Crippen molar-refractivity contribution in [2.24, 2.45) is 0 Å². The van der Waals surface area contributed by atoms with E-state index in [0.29, 0.717) is 12.3 Å². The zero-order valence-electron chi connectivity index (χ0n) is 11.2. The largest absolute Gasteiger partial charge is 0.309 e. The summed E-state index contributed by atoms with van der Waals surface area (Å²) in [5, 5.41) is 5.65. The molecule has 1 saturated heterocycles. The fourth-order valence-corrected chi connectivity index (χ4v) is 4.36. The number of rotatable bonds is 3. The molecule has 0 radical (unpaired) electrons. The Hall–Kier alpha value is -1.46. The fraction of sp³-hybridized carbons (Fsp3) is 0.400. The average molecular weight is 290 g/mol. The monoisotopic (exact) mass is 290 g/mol. The van der Waals surface area contributed by atoms with Crippen LogP contribution in [0.3, 0.4) is 0 Å². The second-order valence-corrected chi connectivity index (χ2v) is 7.62. The first-order chi connectivity index (χ1) is 9.62. The number of sulfone groups is 1. The molecular weight excluding hydrogens is 272 g/mol. The predicted octanol–water partition coefficient (Wildman–Crippen LogP) is 1.90. The summed E-state index contributed by atoms with van der Waals surface area (Å²) in [6, 6.07) is 8.32. The molecule has 0 aliphatic carbocycles. The third-order valence-corrected chi connectivity index (χ3v) is 5.58. The Morgan fingerprint density at radius 3 is 3.00 bits per heavy atom. The Labute approximate surface area is 119 Å². The second-order valence-electron chi connectivity index (χ2n) is 5.39. The van der Waals surface area contributed by atoms with Crippen LogP contribution < -0.4 is 5.32 Å².